The maximum atomic E-state index is 13.6. The van der Waals surface area contributed by atoms with E-state index in [4.69, 9.17) is 16.3 Å². The van der Waals surface area contributed by atoms with Crippen LogP contribution in [0.2, 0.25) is 5.02 Å². The van der Waals surface area contributed by atoms with Gasteiger partial charge in [-0.2, -0.15) is 0 Å². The first kappa shape index (κ1) is 13.4. The number of hydrogen-bond acceptors (Lipinski definition) is 3. The topological polar surface area (TPSA) is 39.2 Å². The highest BCUT2D eigenvalue weighted by Gasteiger charge is 2.17. The zero-order valence-electron chi connectivity index (χ0n) is 9.78. The van der Waals surface area contributed by atoms with Crippen LogP contribution in [0.25, 0.3) is 0 Å². The second kappa shape index (κ2) is 5.32. The summed E-state index contributed by atoms with van der Waals surface area (Å²) in [6, 6.07) is 2.92. The van der Waals surface area contributed by atoms with Crippen LogP contribution in [0.1, 0.15) is 15.9 Å². The van der Waals surface area contributed by atoms with Crippen molar-refractivity contribution >= 4 is 17.4 Å². The molecule has 0 N–H and O–H groups in total. The quantitative estimate of drug-likeness (QED) is 0.641. The van der Waals surface area contributed by atoms with Crippen molar-refractivity contribution < 1.29 is 18.3 Å². The highest BCUT2D eigenvalue weighted by atomic mass is 35.5. The van der Waals surface area contributed by atoms with E-state index in [1.54, 1.807) is 0 Å². The molecular weight excluding hydrogens is 276 g/mol. The van der Waals surface area contributed by atoms with Crippen LogP contribution in [-0.2, 0) is 0 Å². The number of ether oxygens (including phenoxy) is 1. The molecule has 1 aromatic carbocycles. The minimum Gasteiger partial charge on any atom is -0.495 e. The fraction of sp³-hybridized carbons (Fsp3) is 0.0769. The highest BCUT2D eigenvalue weighted by molar-refractivity contribution is 6.30. The lowest BCUT2D eigenvalue weighted by Crippen LogP contribution is -2.06. The van der Waals surface area contributed by atoms with Gasteiger partial charge in [0, 0.05) is 11.8 Å². The van der Waals surface area contributed by atoms with Gasteiger partial charge in [-0.05, 0) is 18.2 Å². The molecule has 0 bridgehead atoms. The van der Waals surface area contributed by atoms with Crippen molar-refractivity contribution in [3.05, 3.63) is 58.4 Å². The van der Waals surface area contributed by atoms with E-state index in [1.165, 1.54) is 25.6 Å². The zero-order valence-corrected chi connectivity index (χ0v) is 10.5. The van der Waals surface area contributed by atoms with Gasteiger partial charge in [0.2, 0.25) is 0 Å². The average molecular weight is 284 g/mol. The number of carbonyl (C=O) groups is 1. The maximum Gasteiger partial charge on any atom is 0.197 e. The maximum absolute atomic E-state index is 13.6. The number of methoxy groups -OCH3 is 1. The van der Waals surface area contributed by atoms with E-state index in [0.29, 0.717) is 5.75 Å². The SMILES string of the molecule is COc1cncc(C(=O)c2cc(F)c(Cl)cc2F)c1. The first-order valence-electron chi connectivity index (χ1n) is 5.21. The Kier molecular flexibility index (Phi) is 3.76. The van der Waals surface area contributed by atoms with E-state index in [-0.39, 0.29) is 10.6 Å². The molecule has 0 radical (unpaired) electrons. The largest absolute Gasteiger partial charge is 0.495 e. The zero-order chi connectivity index (χ0) is 14.0. The number of pyridine rings is 1. The predicted molar refractivity (Wildman–Crippen MR) is 65.6 cm³/mol. The van der Waals surface area contributed by atoms with Crippen LogP contribution < -0.4 is 4.74 Å². The van der Waals surface area contributed by atoms with E-state index in [2.05, 4.69) is 4.98 Å². The van der Waals surface area contributed by atoms with Gasteiger partial charge >= 0.3 is 0 Å². The Morgan fingerprint density at radius 2 is 1.95 bits per heavy atom. The third-order valence-electron chi connectivity index (χ3n) is 2.47. The van der Waals surface area contributed by atoms with Gasteiger partial charge in [0.1, 0.15) is 17.4 Å². The minimum atomic E-state index is -0.890. The fourth-order valence-electron chi connectivity index (χ4n) is 1.51. The van der Waals surface area contributed by atoms with Crippen molar-refractivity contribution in [2.75, 3.05) is 7.11 Å². The van der Waals surface area contributed by atoms with Crippen LogP contribution in [0.3, 0.4) is 0 Å². The van der Waals surface area contributed by atoms with E-state index in [0.717, 1.165) is 12.1 Å². The van der Waals surface area contributed by atoms with E-state index >= 15 is 0 Å². The molecule has 98 valence electrons. The molecular formula is C13H8ClF2NO2. The molecule has 0 atom stereocenters. The van der Waals surface area contributed by atoms with Gasteiger partial charge in [0.05, 0.1) is 23.9 Å². The number of nitrogens with zero attached hydrogens (tertiary/aromatic N) is 1. The van der Waals surface area contributed by atoms with Gasteiger partial charge in [-0.25, -0.2) is 8.78 Å². The van der Waals surface area contributed by atoms with Crippen LogP contribution in [0.15, 0.2) is 30.6 Å². The second-order valence-electron chi connectivity index (χ2n) is 3.69. The van der Waals surface area contributed by atoms with Gasteiger partial charge in [-0.15, -0.1) is 0 Å². The first-order valence-corrected chi connectivity index (χ1v) is 5.59. The third-order valence-corrected chi connectivity index (χ3v) is 2.76. The number of rotatable bonds is 3. The summed E-state index contributed by atoms with van der Waals surface area (Å²) in [4.78, 5) is 15.8. The molecule has 0 saturated heterocycles. The smallest absolute Gasteiger partial charge is 0.197 e. The molecule has 0 aliphatic heterocycles. The molecule has 1 aromatic heterocycles. The summed E-state index contributed by atoms with van der Waals surface area (Å²) in [7, 11) is 1.41. The molecule has 1 heterocycles. The second-order valence-corrected chi connectivity index (χ2v) is 4.10. The van der Waals surface area contributed by atoms with Gasteiger partial charge in [-0.1, -0.05) is 11.6 Å². The first-order chi connectivity index (χ1) is 9.02. The van der Waals surface area contributed by atoms with Gasteiger partial charge in [0.15, 0.2) is 5.78 Å². The van der Waals surface area contributed by atoms with Crippen molar-refractivity contribution in [2.24, 2.45) is 0 Å². The lowest BCUT2D eigenvalue weighted by atomic mass is 10.0. The van der Waals surface area contributed by atoms with Crippen molar-refractivity contribution in [1.29, 1.82) is 0 Å². The Labute approximate surface area is 112 Å². The van der Waals surface area contributed by atoms with Crippen LogP contribution in [0.5, 0.6) is 5.75 Å². The Hall–Kier alpha value is -2.01. The molecule has 2 rings (SSSR count). The predicted octanol–water partition coefficient (Wildman–Crippen LogP) is 3.25. The monoisotopic (exact) mass is 283 g/mol. The summed E-state index contributed by atoms with van der Waals surface area (Å²) in [5.41, 5.74) is -0.308. The number of halogens is 3. The third kappa shape index (κ3) is 2.71. The molecule has 19 heavy (non-hydrogen) atoms. The molecule has 0 amide bonds. The molecule has 0 fully saturated rings. The van der Waals surface area contributed by atoms with Crippen molar-refractivity contribution in [1.82, 2.24) is 4.98 Å². The number of benzene rings is 1. The molecule has 3 nitrogen and oxygen atoms in total. The number of hydrogen-bond donors (Lipinski definition) is 0. The summed E-state index contributed by atoms with van der Waals surface area (Å²) in [5, 5.41) is -0.377. The minimum absolute atomic E-state index is 0.0972. The Balaban J connectivity index is 2.46. The number of aromatic nitrogens is 1. The standard InChI is InChI=1S/C13H8ClF2NO2/c1-19-8-2-7(5-17-6-8)13(18)9-3-12(16)10(14)4-11(9)15/h2-6H,1H3. The molecule has 6 heteroatoms. The summed E-state index contributed by atoms with van der Waals surface area (Å²) in [6.45, 7) is 0. The van der Waals surface area contributed by atoms with Gasteiger partial charge < -0.3 is 4.74 Å². The van der Waals surface area contributed by atoms with Crippen molar-refractivity contribution in [3.8, 4) is 5.75 Å². The fourth-order valence-corrected chi connectivity index (χ4v) is 1.66. The lowest BCUT2D eigenvalue weighted by molar-refractivity contribution is 0.103. The summed E-state index contributed by atoms with van der Waals surface area (Å²) in [6.07, 6.45) is 2.65. The number of ketones is 1. The Bertz CT molecular complexity index is 647. The highest BCUT2D eigenvalue weighted by Crippen LogP contribution is 2.22. The summed E-state index contributed by atoms with van der Waals surface area (Å²) in [5.74, 6) is -2.10. The van der Waals surface area contributed by atoms with Crippen molar-refractivity contribution in [3.63, 3.8) is 0 Å². The van der Waals surface area contributed by atoms with E-state index < -0.39 is 23.0 Å². The Morgan fingerprint density at radius 3 is 2.63 bits per heavy atom. The van der Waals surface area contributed by atoms with Crippen molar-refractivity contribution in [2.45, 2.75) is 0 Å². The van der Waals surface area contributed by atoms with Gasteiger partial charge in [0.25, 0.3) is 0 Å². The summed E-state index contributed by atoms with van der Waals surface area (Å²) < 4.78 is 31.8. The molecule has 0 unspecified atom stereocenters. The number of carbonyl (C=O) groups excluding carboxylic acids is 1. The van der Waals surface area contributed by atoms with Crippen LogP contribution >= 0.6 is 11.6 Å². The molecule has 0 saturated carbocycles. The molecule has 2 aromatic rings. The van der Waals surface area contributed by atoms with Crippen LogP contribution in [0, 0.1) is 11.6 Å². The lowest BCUT2D eigenvalue weighted by Gasteiger charge is -2.05. The van der Waals surface area contributed by atoms with E-state index in [1.807, 2.05) is 0 Å². The van der Waals surface area contributed by atoms with Crippen LogP contribution in [0.4, 0.5) is 8.78 Å². The average Bonchev–Trinajstić information content (AvgIpc) is 2.42. The van der Waals surface area contributed by atoms with Crippen LogP contribution in [-0.4, -0.2) is 17.9 Å². The normalized spacial score (nSPS) is 10.3. The summed E-state index contributed by atoms with van der Waals surface area (Å²) >= 11 is 5.43. The Morgan fingerprint density at radius 1 is 1.21 bits per heavy atom. The molecule has 0 aliphatic carbocycles. The molecule has 0 spiro atoms. The van der Waals surface area contributed by atoms with E-state index in [9.17, 15) is 13.6 Å². The molecule has 0 aliphatic rings. The van der Waals surface area contributed by atoms with Gasteiger partial charge in [-0.3, -0.25) is 9.78 Å².